The molecule has 94 valence electrons. The van der Waals surface area contributed by atoms with Crippen LogP contribution in [0.3, 0.4) is 0 Å². The van der Waals surface area contributed by atoms with Gasteiger partial charge in [-0.3, -0.25) is 4.79 Å². The maximum atomic E-state index is 12.5. The number of anilines is 1. The summed E-state index contributed by atoms with van der Waals surface area (Å²) in [4.78, 5) is 17.5. The lowest BCUT2D eigenvalue weighted by molar-refractivity contribution is 0.0727. The molecule has 1 saturated heterocycles. The standard InChI is InChI=1S/C14H17N3O/c15-13-12(10-6-2-3-7-11(10)16-13)14(18)17-8-4-1-5-9-17/h2-3,6-7,16H,1,4-5,8-9,15H2. The lowest BCUT2D eigenvalue weighted by atomic mass is 10.1. The highest BCUT2D eigenvalue weighted by Crippen LogP contribution is 2.26. The molecule has 1 aromatic heterocycles. The van der Waals surface area contributed by atoms with E-state index in [0.29, 0.717) is 11.4 Å². The molecule has 3 rings (SSSR count). The maximum absolute atomic E-state index is 12.5. The Morgan fingerprint density at radius 2 is 1.89 bits per heavy atom. The highest BCUT2D eigenvalue weighted by atomic mass is 16.2. The van der Waals surface area contributed by atoms with Crippen molar-refractivity contribution in [2.75, 3.05) is 18.8 Å². The first-order valence-corrected chi connectivity index (χ1v) is 6.43. The number of hydrogen-bond acceptors (Lipinski definition) is 2. The molecule has 0 aliphatic carbocycles. The number of likely N-dealkylation sites (tertiary alicyclic amines) is 1. The predicted molar refractivity (Wildman–Crippen MR) is 72.5 cm³/mol. The molecular formula is C14H17N3O. The van der Waals surface area contributed by atoms with Crippen LogP contribution in [0.25, 0.3) is 10.9 Å². The van der Waals surface area contributed by atoms with Gasteiger partial charge in [-0.15, -0.1) is 0 Å². The number of H-pyrrole nitrogens is 1. The zero-order chi connectivity index (χ0) is 12.5. The number of nitrogen functional groups attached to an aromatic ring is 1. The third-order valence-corrected chi connectivity index (χ3v) is 3.59. The van der Waals surface area contributed by atoms with Gasteiger partial charge in [0.1, 0.15) is 5.82 Å². The molecule has 1 fully saturated rings. The second-order valence-electron chi connectivity index (χ2n) is 4.81. The molecule has 1 aromatic carbocycles. The molecule has 4 heteroatoms. The summed E-state index contributed by atoms with van der Waals surface area (Å²) in [6, 6.07) is 7.76. The summed E-state index contributed by atoms with van der Waals surface area (Å²) in [5, 5.41) is 0.922. The molecule has 0 saturated carbocycles. The number of rotatable bonds is 1. The molecule has 1 amide bonds. The molecule has 1 aliphatic rings. The van der Waals surface area contributed by atoms with Crippen molar-refractivity contribution >= 4 is 22.6 Å². The van der Waals surface area contributed by atoms with Crippen molar-refractivity contribution in [2.24, 2.45) is 0 Å². The average Bonchev–Trinajstić information content (AvgIpc) is 2.75. The molecule has 2 aromatic rings. The first kappa shape index (κ1) is 11.1. The van der Waals surface area contributed by atoms with Gasteiger partial charge in [0, 0.05) is 24.0 Å². The summed E-state index contributed by atoms with van der Waals surface area (Å²) in [5.41, 5.74) is 7.52. The largest absolute Gasteiger partial charge is 0.385 e. The summed E-state index contributed by atoms with van der Waals surface area (Å²) in [6.07, 6.45) is 3.40. The van der Waals surface area contributed by atoms with Gasteiger partial charge < -0.3 is 15.6 Å². The second-order valence-corrected chi connectivity index (χ2v) is 4.81. The summed E-state index contributed by atoms with van der Waals surface area (Å²) in [5.74, 6) is 0.538. The molecule has 3 N–H and O–H groups in total. The number of carbonyl (C=O) groups excluding carboxylic acids is 1. The number of para-hydroxylation sites is 1. The molecule has 0 bridgehead atoms. The van der Waals surface area contributed by atoms with Crippen molar-refractivity contribution in [3.63, 3.8) is 0 Å². The Morgan fingerprint density at radius 3 is 2.67 bits per heavy atom. The first-order valence-electron chi connectivity index (χ1n) is 6.43. The molecule has 0 unspecified atom stereocenters. The third-order valence-electron chi connectivity index (χ3n) is 3.59. The normalized spacial score (nSPS) is 16.1. The Labute approximate surface area is 106 Å². The Bertz CT molecular complexity index is 582. The number of amides is 1. The quantitative estimate of drug-likeness (QED) is 0.807. The fourth-order valence-corrected chi connectivity index (χ4v) is 2.65. The number of nitrogens with zero attached hydrogens (tertiary/aromatic N) is 1. The van der Waals surface area contributed by atoms with Crippen LogP contribution in [0, 0.1) is 0 Å². The molecule has 2 heterocycles. The van der Waals surface area contributed by atoms with Gasteiger partial charge in [0.25, 0.3) is 5.91 Å². The van der Waals surface area contributed by atoms with Crippen LogP contribution < -0.4 is 5.73 Å². The number of hydrogen-bond donors (Lipinski definition) is 2. The van der Waals surface area contributed by atoms with E-state index >= 15 is 0 Å². The van der Waals surface area contributed by atoms with Crippen molar-refractivity contribution < 1.29 is 4.79 Å². The Hall–Kier alpha value is -1.97. The van der Waals surface area contributed by atoms with Crippen molar-refractivity contribution in [3.8, 4) is 0 Å². The highest BCUT2D eigenvalue weighted by molar-refractivity contribution is 6.11. The van der Waals surface area contributed by atoms with E-state index in [-0.39, 0.29) is 5.91 Å². The van der Waals surface area contributed by atoms with Gasteiger partial charge in [0.2, 0.25) is 0 Å². The topological polar surface area (TPSA) is 62.1 Å². The second kappa shape index (κ2) is 4.37. The Kier molecular flexibility index (Phi) is 2.70. The molecule has 4 nitrogen and oxygen atoms in total. The molecule has 0 atom stereocenters. The van der Waals surface area contributed by atoms with E-state index in [4.69, 9.17) is 5.73 Å². The van der Waals surface area contributed by atoms with Crippen LogP contribution >= 0.6 is 0 Å². The van der Waals surface area contributed by atoms with E-state index in [2.05, 4.69) is 4.98 Å². The summed E-state index contributed by atoms with van der Waals surface area (Å²) in [6.45, 7) is 1.69. The van der Waals surface area contributed by atoms with E-state index in [1.165, 1.54) is 6.42 Å². The van der Waals surface area contributed by atoms with Gasteiger partial charge in [-0.25, -0.2) is 0 Å². The Balaban J connectivity index is 2.02. The summed E-state index contributed by atoms with van der Waals surface area (Å²) in [7, 11) is 0. The SMILES string of the molecule is Nc1[nH]c2ccccc2c1C(=O)N1CCCCC1. The van der Waals surface area contributed by atoms with Gasteiger partial charge in [-0.1, -0.05) is 18.2 Å². The van der Waals surface area contributed by atoms with Gasteiger partial charge >= 0.3 is 0 Å². The minimum absolute atomic E-state index is 0.0599. The minimum Gasteiger partial charge on any atom is -0.385 e. The van der Waals surface area contributed by atoms with E-state index in [0.717, 1.165) is 36.8 Å². The zero-order valence-corrected chi connectivity index (χ0v) is 10.3. The molecule has 1 aliphatic heterocycles. The van der Waals surface area contributed by atoms with Crippen LogP contribution in [0.2, 0.25) is 0 Å². The number of carbonyl (C=O) groups is 1. The van der Waals surface area contributed by atoms with Crippen molar-refractivity contribution in [2.45, 2.75) is 19.3 Å². The molecule has 0 radical (unpaired) electrons. The van der Waals surface area contributed by atoms with Crippen LogP contribution in [-0.4, -0.2) is 28.9 Å². The van der Waals surface area contributed by atoms with Gasteiger partial charge in [0.15, 0.2) is 0 Å². The van der Waals surface area contributed by atoms with Crippen LogP contribution in [0.5, 0.6) is 0 Å². The summed E-state index contributed by atoms with van der Waals surface area (Å²) >= 11 is 0. The van der Waals surface area contributed by atoms with Crippen molar-refractivity contribution in [1.29, 1.82) is 0 Å². The Morgan fingerprint density at radius 1 is 1.17 bits per heavy atom. The van der Waals surface area contributed by atoms with E-state index < -0.39 is 0 Å². The van der Waals surface area contributed by atoms with Crippen molar-refractivity contribution in [3.05, 3.63) is 29.8 Å². The number of benzene rings is 1. The lowest BCUT2D eigenvalue weighted by Gasteiger charge is -2.26. The number of fused-ring (bicyclic) bond motifs is 1. The van der Waals surface area contributed by atoms with Crippen LogP contribution in [0.15, 0.2) is 24.3 Å². The maximum Gasteiger partial charge on any atom is 0.258 e. The lowest BCUT2D eigenvalue weighted by Crippen LogP contribution is -2.35. The number of nitrogens with one attached hydrogen (secondary N) is 1. The van der Waals surface area contributed by atoms with Gasteiger partial charge in [0.05, 0.1) is 5.56 Å². The first-order chi connectivity index (χ1) is 8.77. The fourth-order valence-electron chi connectivity index (χ4n) is 2.65. The predicted octanol–water partition coefficient (Wildman–Crippen LogP) is 2.38. The van der Waals surface area contributed by atoms with Crippen LogP contribution in [0.1, 0.15) is 29.6 Å². The molecular weight excluding hydrogens is 226 g/mol. The average molecular weight is 243 g/mol. The third kappa shape index (κ3) is 1.74. The number of nitrogens with two attached hydrogens (primary N) is 1. The minimum atomic E-state index is 0.0599. The van der Waals surface area contributed by atoms with Crippen LogP contribution in [-0.2, 0) is 0 Å². The number of piperidine rings is 1. The number of aromatic amines is 1. The van der Waals surface area contributed by atoms with Gasteiger partial charge in [-0.2, -0.15) is 0 Å². The smallest absolute Gasteiger partial charge is 0.258 e. The molecule has 0 spiro atoms. The van der Waals surface area contributed by atoms with Gasteiger partial charge in [-0.05, 0) is 25.3 Å². The van der Waals surface area contributed by atoms with E-state index in [1.807, 2.05) is 29.2 Å². The monoisotopic (exact) mass is 243 g/mol. The fraction of sp³-hybridized carbons (Fsp3) is 0.357. The van der Waals surface area contributed by atoms with E-state index in [9.17, 15) is 4.79 Å². The number of aromatic nitrogens is 1. The highest BCUT2D eigenvalue weighted by Gasteiger charge is 2.23. The van der Waals surface area contributed by atoms with Crippen molar-refractivity contribution in [1.82, 2.24) is 9.88 Å². The molecule has 18 heavy (non-hydrogen) atoms. The van der Waals surface area contributed by atoms with Crippen LogP contribution in [0.4, 0.5) is 5.82 Å². The van der Waals surface area contributed by atoms with E-state index in [1.54, 1.807) is 0 Å². The zero-order valence-electron chi connectivity index (χ0n) is 10.3. The summed E-state index contributed by atoms with van der Waals surface area (Å²) < 4.78 is 0.